The van der Waals surface area contributed by atoms with Crippen molar-refractivity contribution in [3.8, 4) is 17.2 Å². The molecule has 1 fully saturated rings. The summed E-state index contributed by atoms with van der Waals surface area (Å²) in [5.74, 6) is 1.57. The number of hydrogen-bond acceptors (Lipinski definition) is 5. The quantitative estimate of drug-likeness (QED) is 0.678. The molecule has 27 heavy (non-hydrogen) atoms. The van der Waals surface area contributed by atoms with E-state index < -0.39 is 6.10 Å². The topological polar surface area (TPSA) is 62.2 Å². The molecular weight excluding hydrogens is 342 g/mol. The van der Waals surface area contributed by atoms with E-state index in [4.69, 9.17) is 9.47 Å². The van der Waals surface area contributed by atoms with E-state index in [-0.39, 0.29) is 11.8 Å². The molecule has 0 spiro atoms. The molecule has 2 atom stereocenters. The Morgan fingerprint density at radius 2 is 1.70 bits per heavy atom. The average molecular weight is 365 g/mol. The molecule has 3 aromatic carbocycles. The van der Waals surface area contributed by atoms with E-state index in [0.29, 0.717) is 11.5 Å². The van der Waals surface area contributed by atoms with Gasteiger partial charge < -0.3 is 19.7 Å². The first-order valence-electron chi connectivity index (χ1n) is 9.37. The number of phenolic OH excluding ortho intramolecular Hbond substituents is 1. The molecular formula is C22H23NO4. The maximum absolute atomic E-state index is 11.2. The van der Waals surface area contributed by atoms with Gasteiger partial charge in [-0.15, -0.1) is 0 Å². The van der Waals surface area contributed by atoms with E-state index in [0.717, 1.165) is 58.6 Å². The van der Waals surface area contributed by atoms with Crippen molar-refractivity contribution in [3.05, 3.63) is 41.5 Å². The molecule has 0 amide bonds. The van der Waals surface area contributed by atoms with Gasteiger partial charge in [0.1, 0.15) is 5.75 Å². The fourth-order valence-corrected chi connectivity index (χ4v) is 4.96. The van der Waals surface area contributed by atoms with Crippen LogP contribution in [0.25, 0.3) is 21.5 Å². The van der Waals surface area contributed by atoms with Gasteiger partial charge >= 0.3 is 0 Å². The summed E-state index contributed by atoms with van der Waals surface area (Å²) < 4.78 is 11.1. The monoisotopic (exact) mass is 365 g/mol. The van der Waals surface area contributed by atoms with Crippen LogP contribution in [0, 0.1) is 0 Å². The number of rotatable bonds is 2. The SMILES string of the molecule is COc1cc2c3c(c4cc(O)ccc4c2cc1OC)[C@H](O)[C@@H]1CCCN1C3. The molecule has 3 aromatic rings. The minimum absolute atomic E-state index is 0.153. The number of aliphatic hydroxyl groups excluding tert-OH is 1. The summed E-state index contributed by atoms with van der Waals surface area (Å²) in [4.78, 5) is 2.37. The Morgan fingerprint density at radius 1 is 0.963 bits per heavy atom. The highest BCUT2D eigenvalue weighted by molar-refractivity contribution is 6.12. The van der Waals surface area contributed by atoms with Crippen molar-refractivity contribution < 1.29 is 19.7 Å². The zero-order valence-corrected chi connectivity index (χ0v) is 15.5. The van der Waals surface area contributed by atoms with Crippen LogP contribution in [0.1, 0.15) is 30.1 Å². The second-order valence-corrected chi connectivity index (χ2v) is 7.50. The van der Waals surface area contributed by atoms with E-state index in [2.05, 4.69) is 4.90 Å². The van der Waals surface area contributed by atoms with Crippen molar-refractivity contribution >= 4 is 21.5 Å². The number of benzene rings is 3. The Bertz CT molecular complexity index is 1060. The molecule has 2 aliphatic heterocycles. The summed E-state index contributed by atoms with van der Waals surface area (Å²) >= 11 is 0. The highest BCUT2D eigenvalue weighted by atomic mass is 16.5. The number of fused-ring (bicyclic) bond motifs is 7. The first kappa shape index (κ1) is 16.7. The predicted octanol–water partition coefficient (Wildman–Crippen LogP) is 3.73. The largest absolute Gasteiger partial charge is 0.508 e. The molecule has 0 aliphatic carbocycles. The Kier molecular flexibility index (Phi) is 3.71. The standard InChI is InChI=1S/C22H23NO4/c1-26-19-9-14-13-6-5-12(24)8-16(13)21-17(15(14)10-20(19)27-2)11-23-7-3-4-18(23)22(21)25/h5-6,8-10,18,22,24-25H,3-4,7,11H2,1-2H3/t18-,22+/m0/s1. The van der Waals surface area contributed by atoms with Crippen LogP contribution in [0.15, 0.2) is 30.3 Å². The van der Waals surface area contributed by atoms with Gasteiger partial charge in [0.05, 0.1) is 20.3 Å². The number of aromatic hydroxyl groups is 1. The van der Waals surface area contributed by atoms with Gasteiger partial charge in [-0.25, -0.2) is 0 Å². The molecule has 5 nitrogen and oxygen atoms in total. The summed E-state index contributed by atoms with van der Waals surface area (Å²) in [6.45, 7) is 1.81. The van der Waals surface area contributed by atoms with Crippen LogP contribution in [-0.2, 0) is 6.54 Å². The maximum atomic E-state index is 11.2. The van der Waals surface area contributed by atoms with Gasteiger partial charge in [0.25, 0.3) is 0 Å². The van der Waals surface area contributed by atoms with Crippen LogP contribution in [0.5, 0.6) is 17.2 Å². The Morgan fingerprint density at radius 3 is 2.44 bits per heavy atom. The molecule has 0 aromatic heterocycles. The van der Waals surface area contributed by atoms with Crippen LogP contribution >= 0.6 is 0 Å². The summed E-state index contributed by atoms with van der Waals surface area (Å²) in [5.41, 5.74) is 2.07. The van der Waals surface area contributed by atoms with E-state index in [9.17, 15) is 10.2 Å². The third-order valence-corrected chi connectivity index (χ3v) is 6.19. The second-order valence-electron chi connectivity index (χ2n) is 7.50. The van der Waals surface area contributed by atoms with Crippen LogP contribution in [0.3, 0.4) is 0 Å². The van der Waals surface area contributed by atoms with Crippen molar-refractivity contribution in [2.75, 3.05) is 20.8 Å². The van der Waals surface area contributed by atoms with Gasteiger partial charge in [-0.3, -0.25) is 4.90 Å². The van der Waals surface area contributed by atoms with E-state index in [1.165, 1.54) is 0 Å². The van der Waals surface area contributed by atoms with Gasteiger partial charge in [-0.1, -0.05) is 6.07 Å². The molecule has 5 heteroatoms. The van der Waals surface area contributed by atoms with Gasteiger partial charge in [0, 0.05) is 12.6 Å². The first-order chi connectivity index (χ1) is 13.1. The fourth-order valence-electron chi connectivity index (χ4n) is 4.96. The second kappa shape index (κ2) is 6.01. The number of ether oxygens (including phenoxy) is 2. The molecule has 2 N–H and O–H groups in total. The van der Waals surface area contributed by atoms with E-state index >= 15 is 0 Å². The number of phenols is 1. The maximum Gasteiger partial charge on any atom is 0.161 e. The van der Waals surface area contributed by atoms with Crippen molar-refractivity contribution in [2.24, 2.45) is 0 Å². The van der Waals surface area contributed by atoms with Gasteiger partial charge in [-0.05, 0) is 76.3 Å². The lowest BCUT2D eigenvalue weighted by molar-refractivity contribution is 0.0552. The zero-order valence-electron chi connectivity index (χ0n) is 15.5. The lowest BCUT2D eigenvalue weighted by Crippen LogP contribution is -2.39. The van der Waals surface area contributed by atoms with Gasteiger partial charge in [0.2, 0.25) is 0 Å². The third kappa shape index (κ3) is 2.32. The molecule has 0 bridgehead atoms. The number of nitrogens with zero attached hydrogens (tertiary/aromatic N) is 1. The molecule has 5 rings (SSSR count). The molecule has 2 aliphatic rings. The molecule has 0 saturated carbocycles. The summed E-state index contributed by atoms with van der Waals surface area (Å²) in [6.07, 6.45) is 1.55. The highest BCUT2D eigenvalue weighted by Crippen LogP contribution is 2.47. The number of aliphatic hydroxyl groups is 1. The first-order valence-corrected chi connectivity index (χ1v) is 9.37. The van der Waals surface area contributed by atoms with Crippen molar-refractivity contribution in [2.45, 2.75) is 31.5 Å². The Labute approximate surface area is 157 Å². The Balaban J connectivity index is 1.93. The van der Waals surface area contributed by atoms with Crippen molar-refractivity contribution in [3.63, 3.8) is 0 Å². The third-order valence-electron chi connectivity index (χ3n) is 6.19. The van der Waals surface area contributed by atoms with Crippen LogP contribution in [0.2, 0.25) is 0 Å². The average Bonchev–Trinajstić information content (AvgIpc) is 3.15. The fraction of sp³-hybridized carbons (Fsp3) is 0.364. The smallest absolute Gasteiger partial charge is 0.161 e. The number of methoxy groups -OCH3 is 2. The lowest BCUT2D eigenvalue weighted by Gasteiger charge is -2.37. The van der Waals surface area contributed by atoms with Gasteiger partial charge in [0.15, 0.2) is 11.5 Å². The normalized spacial score (nSPS) is 22.0. The molecule has 140 valence electrons. The highest BCUT2D eigenvalue weighted by Gasteiger charge is 2.39. The predicted molar refractivity (Wildman–Crippen MR) is 105 cm³/mol. The lowest BCUT2D eigenvalue weighted by atomic mass is 9.83. The molecule has 0 radical (unpaired) electrons. The minimum atomic E-state index is -0.557. The summed E-state index contributed by atoms with van der Waals surface area (Å²) in [6, 6.07) is 9.56. The summed E-state index contributed by atoms with van der Waals surface area (Å²) in [5, 5.41) is 25.4. The summed E-state index contributed by atoms with van der Waals surface area (Å²) in [7, 11) is 3.27. The van der Waals surface area contributed by atoms with Crippen LogP contribution in [0.4, 0.5) is 0 Å². The Hall–Kier alpha value is -2.50. The van der Waals surface area contributed by atoms with Crippen molar-refractivity contribution in [1.82, 2.24) is 4.90 Å². The zero-order chi connectivity index (χ0) is 18.7. The van der Waals surface area contributed by atoms with Crippen molar-refractivity contribution in [1.29, 1.82) is 0 Å². The molecule has 0 unspecified atom stereocenters. The molecule has 2 heterocycles. The van der Waals surface area contributed by atoms with Gasteiger partial charge in [-0.2, -0.15) is 0 Å². The minimum Gasteiger partial charge on any atom is -0.508 e. The van der Waals surface area contributed by atoms with Crippen LogP contribution < -0.4 is 9.47 Å². The van der Waals surface area contributed by atoms with E-state index in [1.54, 1.807) is 26.4 Å². The number of hydrogen-bond donors (Lipinski definition) is 2. The van der Waals surface area contributed by atoms with E-state index in [1.807, 2.05) is 18.2 Å². The molecule has 1 saturated heterocycles. The van der Waals surface area contributed by atoms with Crippen LogP contribution in [-0.4, -0.2) is 41.9 Å².